The fourth-order valence-electron chi connectivity index (χ4n) is 4.74. The number of piperidine rings is 1. The van der Waals surface area contributed by atoms with Crippen LogP contribution in [0.5, 0.6) is 0 Å². The summed E-state index contributed by atoms with van der Waals surface area (Å²) in [6.45, 7) is 4.95. The standard InChI is InChI=1S/C19H28N4O2/c1-14-10-21-15(11-20-14)12-22-18(24)19-7-9-25-17(19)6-8-23(13-19)16-4-2-3-5-16/h10-11,16-17H,2-9,12-13H2,1H3,(H,22,24)/t17-,19-/m0/s1. The normalized spacial score (nSPS) is 30.4. The van der Waals surface area contributed by atoms with Gasteiger partial charge in [-0.2, -0.15) is 0 Å². The molecule has 136 valence electrons. The molecule has 2 aliphatic heterocycles. The summed E-state index contributed by atoms with van der Waals surface area (Å²) in [7, 11) is 0. The molecule has 25 heavy (non-hydrogen) atoms. The number of amides is 1. The summed E-state index contributed by atoms with van der Waals surface area (Å²) in [5.41, 5.74) is 1.30. The highest BCUT2D eigenvalue weighted by Crippen LogP contribution is 2.43. The van der Waals surface area contributed by atoms with Gasteiger partial charge in [-0.15, -0.1) is 0 Å². The number of nitrogens with zero attached hydrogens (tertiary/aromatic N) is 3. The Kier molecular flexibility index (Phi) is 4.73. The Morgan fingerprint density at radius 3 is 2.92 bits per heavy atom. The zero-order valence-electron chi connectivity index (χ0n) is 15.0. The van der Waals surface area contributed by atoms with Gasteiger partial charge in [-0.25, -0.2) is 0 Å². The van der Waals surface area contributed by atoms with Crippen LogP contribution >= 0.6 is 0 Å². The molecule has 2 saturated heterocycles. The van der Waals surface area contributed by atoms with Crippen molar-refractivity contribution in [1.82, 2.24) is 20.2 Å². The molecule has 0 radical (unpaired) electrons. The fourth-order valence-corrected chi connectivity index (χ4v) is 4.74. The Morgan fingerprint density at radius 2 is 2.16 bits per heavy atom. The van der Waals surface area contributed by atoms with Crippen LogP contribution in [0.1, 0.15) is 49.9 Å². The zero-order chi connectivity index (χ0) is 17.3. The van der Waals surface area contributed by atoms with Gasteiger partial charge in [0.2, 0.25) is 5.91 Å². The number of aromatic nitrogens is 2. The molecule has 3 heterocycles. The maximum atomic E-state index is 13.1. The first-order valence-electron chi connectivity index (χ1n) is 9.59. The number of hydrogen-bond acceptors (Lipinski definition) is 5. The van der Waals surface area contributed by atoms with Gasteiger partial charge in [-0.1, -0.05) is 12.8 Å². The van der Waals surface area contributed by atoms with E-state index in [9.17, 15) is 4.79 Å². The summed E-state index contributed by atoms with van der Waals surface area (Å²) in [6.07, 6.45) is 10.5. The summed E-state index contributed by atoms with van der Waals surface area (Å²) in [4.78, 5) is 24.3. The fraction of sp³-hybridized carbons (Fsp3) is 0.737. The third-order valence-corrected chi connectivity index (χ3v) is 6.21. The summed E-state index contributed by atoms with van der Waals surface area (Å²) in [5.74, 6) is 0.125. The summed E-state index contributed by atoms with van der Waals surface area (Å²) < 4.78 is 5.94. The van der Waals surface area contributed by atoms with Crippen LogP contribution in [0.3, 0.4) is 0 Å². The maximum absolute atomic E-state index is 13.1. The van der Waals surface area contributed by atoms with E-state index in [4.69, 9.17) is 4.74 Å². The van der Waals surface area contributed by atoms with E-state index in [-0.39, 0.29) is 17.4 Å². The van der Waals surface area contributed by atoms with Crippen molar-refractivity contribution < 1.29 is 9.53 Å². The number of hydrogen-bond donors (Lipinski definition) is 1. The molecule has 0 spiro atoms. The Balaban J connectivity index is 1.44. The van der Waals surface area contributed by atoms with Gasteiger partial charge in [0.1, 0.15) is 0 Å². The van der Waals surface area contributed by atoms with Gasteiger partial charge >= 0.3 is 0 Å². The van der Waals surface area contributed by atoms with Crippen molar-refractivity contribution in [2.45, 2.75) is 64.1 Å². The molecule has 6 heteroatoms. The quantitative estimate of drug-likeness (QED) is 0.902. The minimum atomic E-state index is -0.390. The average molecular weight is 344 g/mol. The van der Waals surface area contributed by atoms with E-state index in [1.165, 1.54) is 25.7 Å². The van der Waals surface area contributed by atoms with Crippen LogP contribution in [-0.4, -0.2) is 52.6 Å². The number of likely N-dealkylation sites (tertiary alicyclic amines) is 1. The Hall–Kier alpha value is -1.53. The number of carbonyl (C=O) groups is 1. The van der Waals surface area contributed by atoms with Crippen LogP contribution in [0.4, 0.5) is 0 Å². The summed E-state index contributed by atoms with van der Waals surface area (Å²) >= 11 is 0. The van der Waals surface area contributed by atoms with Crippen LogP contribution in [-0.2, 0) is 16.1 Å². The SMILES string of the molecule is Cc1cnc(CNC(=O)[C@]23CCO[C@H]2CCN(C2CCCC2)C3)cn1. The second-order valence-electron chi connectivity index (χ2n) is 7.79. The van der Waals surface area contributed by atoms with E-state index >= 15 is 0 Å². The number of ether oxygens (including phenoxy) is 1. The van der Waals surface area contributed by atoms with Gasteiger partial charge in [0.05, 0.1) is 35.6 Å². The van der Waals surface area contributed by atoms with Crippen molar-refractivity contribution >= 4 is 5.91 Å². The van der Waals surface area contributed by atoms with Gasteiger partial charge in [-0.3, -0.25) is 19.7 Å². The Morgan fingerprint density at radius 1 is 1.32 bits per heavy atom. The number of carbonyl (C=O) groups excluding carboxylic acids is 1. The van der Waals surface area contributed by atoms with Crippen LogP contribution in [0, 0.1) is 12.3 Å². The van der Waals surface area contributed by atoms with Gasteiger partial charge in [0, 0.05) is 31.9 Å². The minimum absolute atomic E-state index is 0.0641. The molecule has 0 aromatic carbocycles. The lowest BCUT2D eigenvalue weighted by Crippen LogP contribution is -2.58. The van der Waals surface area contributed by atoms with Gasteiger partial charge in [0.25, 0.3) is 0 Å². The first kappa shape index (κ1) is 16.9. The van der Waals surface area contributed by atoms with Gasteiger partial charge in [0.15, 0.2) is 0 Å². The highest BCUT2D eigenvalue weighted by molar-refractivity contribution is 5.84. The van der Waals surface area contributed by atoms with Crippen molar-refractivity contribution in [3.05, 3.63) is 23.8 Å². The number of nitrogens with one attached hydrogen (secondary N) is 1. The van der Waals surface area contributed by atoms with Crippen molar-refractivity contribution in [2.24, 2.45) is 5.41 Å². The topological polar surface area (TPSA) is 67.3 Å². The highest BCUT2D eigenvalue weighted by atomic mass is 16.5. The van der Waals surface area contributed by atoms with Crippen molar-refractivity contribution in [2.75, 3.05) is 19.7 Å². The Labute approximate surface area is 149 Å². The van der Waals surface area contributed by atoms with Crippen molar-refractivity contribution in [3.8, 4) is 0 Å². The molecule has 3 fully saturated rings. The average Bonchev–Trinajstić information content (AvgIpc) is 3.30. The van der Waals surface area contributed by atoms with Crippen molar-refractivity contribution in [1.29, 1.82) is 0 Å². The minimum Gasteiger partial charge on any atom is -0.377 e. The van der Waals surface area contributed by atoms with Crippen molar-refractivity contribution in [3.63, 3.8) is 0 Å². The third-order valence-electron chi connectivity index (χ3n) is 6.21. The van der Waals surface area contributed by atoms with E-state index < -0.39 is 0 Å². The molecule has 1 amide bonds. The first-order valence-corrected chi connectivity index (χ1v) is 9.59. The predicted molar refractivity (Wildman–Crippen MR) is 93.9 cm³/mol. The maximum Gasteiger partial charge on any atom is 0.230 e. The van der Waals surface area contributed by atoms with Crippen LogP contribution in [0.15, 0.2) is 12.4 Å². The molecule has 0 bridgehead atoms. The molecule has 1 N–H and O–H groups in total. The second kappa shape index (κ2) is 7.00. The predicted octanol–water partition coefficient (Wildman–Crippen LogP) is 1.82. The van der Waals surface area contributed by atoms with E-state index in [2.05, 4.69) is 20.2 Å². The van der Waals surface area contributed by atoms with Crippen LogP contribution in [0.2, 0.25) is 0 Å². The van der Waals surface area contributed by atoms with E-state index in [1.54, 1.807) is 12.4 Å². The van der Waals surface area contributed by atoms with Crippen LogP contribution < -0.4 is 5.32 Å². The molecule has 1 aliphatic carbocycles. The lowest BCUT2D eigenvalue weighted by atomic mass is 9.75. The second-order valence-corrected chi connectivity index (χ2v) is 7.79. The molecule has 1 saturated carbocycles. The van der Waals surface area contributed by atoms with E-state index in [1.807, 2.05) is 6.92 Å². The lowest BCUT2D eigenvalue weighted by Gasteiger charge is -2.44. The number of aryl methyl sites for hydroxylation is 1. The third kappa shape index (κ3) is 3.29. The smallest absolute Gasteiger partial charge is 0.230 e. The molecule has 0 unspecified atom stereocenters. The van der Waals surface area contributed by atoms with E-state index in [0.717, 1.165) is 37.3 Å². The molecule has 4 rings (SSSR count). The molecule has 3 aliphatic rings. The molecule has 6 nitrogen and oxygen atoms in total. The molecular formula is C19H28N4O2. The first-order chi connectivity index (χ1) is 12.2. The van der Waals surface area contributed by atoms with E-state index in [0.29, 0.717) is 19.2 Å². The monoisotopic (exact) mass is 344 g/mol. The molecular weight excluding hydrogens is 316 g/mol. The lowest BCUT2D eigenvalue weighted by molar-refractivity contribution is -0.140. The number of rotatable bonds is 4. The largest absolute Gasteiger partial charge is 0.377 e. The summed E-state index contributed by atoms with van der Waals surface area (Å²) in [6, 6.07) is 0.661. The Bertz CT molecular complexity index is 614. The molecule has 1 aromatic rings. The number of fused-ring (bicyclic) bond motifs is 1. The zero-order valence-corrected chi connectivity index (χ0v) is 15.0. The van der Waals surface area contributed by atoms with Gasteiger partial charge < -0.3 is 10.1 Å². The van der Waals surface area contributed by atoms with Gasteiger partial charge in [-0.05, 0) is 32.6 Å². The highest BCUT2D eigenvalue weighted by Gasteiger charge is 2.53. The molecule has 2 atom stereocenters. The molecule has 1 aromatic heterocycles. The van der Waals surface area contributed by atoms with Crippen LogP contribution in [0.25, 0.3) is 0 Å². The summed E-state index contributed by atoms with van der Waals surface area (Å²) in [5, 5.41) is 3.11.